The maximum Gasteiger partial charge on any atom is 0.264 e. The van der Waals surface area contributed by atoms with E-state index in [9.17, 15) is 15.0 Å². The summed E-state index contributed by atoms with van der Waals surface area (Å²) in [6.45, 7) is 9.80. The minimum absolute atomic E-state index is 0.0155. The standard InChI is InChI=1S/C25H31N3O5.C2H2.CH4O/c1-8-16-14-26-21(12-17(16)10-11-18(9-2)28(5)15(3)4)27-25(31)22-19(29)13-20(32-6)23(30)24(22)33-7;2*1-2/h8-10,12-14,29-30H,3,11H2,1-2,4-7H3,(H,27,31);1-2H;2H,1H3/b16-8-,17-10-,18-9-;;. The maximum atomic E-state index is 12.9. The normalized spacial score (nSPS) is 11.4. The monoisotopic (exact) mass is 511 g/mol. The number of aromatic hydroxyl groups is 2. The van der Waals surface area contributed by atoms with Gasteiger partial charge in [-0.05, 0) is 37.3 Å². The summed E-state index contributed by atoms with van der Waals surface area (Å²) in [5.74, 6) is -1.41. The quantitative estimate of drug-likeness (QED) is 0.315. The largest absolute Gasteiger partial charge is 0.507 e. The topological polar surface area (TPSA) is 124 Å². The van der Waals surface area contributed by atoms with Gasteiger partial charge < -0.3 is 35.0 Å². The molecule has 4 N–H and O–H groups in total. The fourth-order valence-corrected chi connectivity index (χ4v) is 3.24. The van der Waals surface area contributed by atoms with E-state index in [2.05, 4.69) is 29.7 Å². The van der Waals surface area contributed by atoms with E-state index < -0.39 is 11.7 Å². The molecule has 0 unspecified atom stereocenters. The number of allylic oxidation sites excluding steroid dienone is 3. The van der Waals surface area contributed by atoms with Crippen LogP contribution in [-0.2, 0) is 0 Å². The smallest absolute Gasteiger partial charge is 0.264 e. The lowest BCUT2D eigenvalue weighted by atomic mass is 10.1. The number of phenolic OH excluding ortho intramolecular Hbond substituents is 2. The van der Waals surface area contributed by atoms with Crippen LogP contribution in [0.2, 0.25) is 0 Å². The summed E-state index contributed by atoms with van der Waals surface area (Å²) in [4.78, 5) is 19.2. The average Bonchev–Trinajstić information content (AvgIpc) is 2.91. The van der Waals surface area contributed by atoms with Crippen molar-refractivity contribution in [2.75, 3.05) is 33.7 Å². The lowest BCUT2D eigenvalue weighted by Gasteiger charge is -2.21. The maximum absolute atomic E-state index is 12.9. The molecular weight excluding hydrogens is 474 g/mol. The molecule has 9 nitrogen and oxygen atoms in total. The van der Waals surface area contributed by atoms with Gasteiger partial charge >= 0.3 is 0 Å². The third-order valence-electron chi connectivity index (χ3n) is 5.24. The van der Waals surface area contributed by atoms with Crippen molar-refractivity contribution >= 4 is 23.9 Å². The summed E-state index contributed by atoms with van der Waals surface area (Å²) in [5, 5.41) is 32.0. The summed E-state index contributed by atoms with van der Waals surface area (Å²) < 4.78 is 10.1. The molecule has 1 aromatic heterocycles. The SMILES string of the molecule is C#C.C=C(C)N(C)/C(=C\C)C/C=c1/cc(NC(=O)c2c(O)cc(OC)c(O)c2OC)nc/c1=C/C.CO. The van der Waals surface area contributed by atoms with E-state index in [1.165, 1.54) is 14.2 Å². The second-order valence-corrected chi connectivity index (χ2v) is 7.28. The summed E-state index contributed by atoms with van der Waals surface area (Å²) in [6.07, 6.45) is 16.3. The first-order valence-corrected chi connectivity index (χ1v) is 11.1. The number of carbonyl (C=O) groups excluding carboxylic acids is 1. The van der Waals surface area contributed by atoms with E-state index >= 15 is 0 Å². The Kier molecular flexibility index (Phi) is 14.3. The number of pyridine rings is 1. The van der Waals surface area contributed by atoms with Crippen molar-refractivity contribution < 1.29 is 29.6 Å². The number of carbonyl (C=O) groups is 1. The van der Waals surface area contributed by atoms with Crippen LogP contribution < -0.4 is 25.2 Å². The Bertz CT molecular complexity index is 1250. The molecule has 0 aliphatic heterocycles. The number of benzene rings is 1. The van der Waals surface area contributed by atoms with Gasteiger partial charge in [-0.3, -0.25) is 4.79 Å². The molecule has 9 heteroatoms. The van der Waals surface area contributed by atoms with Crippen LogP contribution in [-0.4, -0.2) is 59.5 Å². The van der Waals surface area contributed by atoms with Gasteiger partial charge in [-0.1, -0.05) is 24.8 Å². The summed E-state index contributed by atoms with van der Waals surface area (Å²) in [5.41, 5.74) is 1.78. The highest BCUT2D eigenvalue weighted by atomic mass is 16.5. The zero-order valence-electron chi connectivity index (χ0n) is 22.5. The predicted molar refractivity (Wildman–Crippen MR) is 148 cm³/mol. The van der Waals surface area contributed by atoms with E-state index in [-0.39, 0.29) is 28.6 Å². The number of aliphatic hydroxyl groups is 1. The number of hydrogen-bond donors (Lipinski definition) is 4. The van der Waals surface area contributed by atoms with Crippen molar-refractivity contribution in [2.45, 2.75) is 27.2 Å². The van der Waals surface area contributed by atoms with Gasteiger partial charge in [-0.25, -0.2) is 4.98 Å². The first-order valence-electron chi connectivity index (χ1n) is 11.1. The molecule has 0 fully saturated rings. The van der Waals surface area contributed by atoms with Crippen LogP contribution in [0, 0.1) is 12.8 Å². The summed E-state index contributed by atoms with van der Waals surface area (Å²) in [7, 11) is 5.57. The minimum Gasteiger partial charge on any atom is -0.507 e. The highest BCUT2D eigenvalue weighted by Gasteiger charge is 2.25. The number of methoxy groups -OCH3 is 2. The number of anilines is 1. The van der Waals surface area contributed by atoms with Gasteiger partial charge in [-0.15, -0.1) is 12.8 Å². The average molecular weight is 512 g/mol. The second kappa shape index (κ2) is 16.3. The highest BCUT2D eigenvalue weighted by Crippen LogP contribution is 2.43. The van der Waals surface area contributed by atoms with Crippen LogP contribution in [0.15, 0.2) is 42.4 Å². The molecule has 37 heavy (non-hydrogen) atoms. The number of nitrogens with zero attached hydrogens (tertiary/aromatic N) is 2. The predicted octanol–water partition coefficient (Wildman–Crippen LogP) is 2.96. The number of rotatable bonds is 8. The van der Waals surface area contributed by atoms with Gasteiger partial charge in [0.1, 0.15) is 17.1 Å². The Morgan fingerprint density at radius 2 is 1.78 bits per heavy atom. The number of nitrogens with one attached hydrogen (secondary N) is 1. The fraction of sp³-hybridized carbons (Fsp3) is 0.286. The summed E-state index contributed by atoms with van der Waals surface area (Å²) in [6, 6.07) is 2.89. The number of aromatic nitrogens is 1. The van der Waals surface area contributed by atoms with E-state index in [4.69, 9.17) is 14.6 Å². The summed E-state index contributed by atoms with van der Waals surface area (Å²) >= 11 is 0. The molecule has 1 aromatic carbocycles. The van der Waals surface area contributed by atoms with Crippen LogP contribution >= 0.6 is 0 Å². The number of aliphatic hydroxyl groups excluding tert-OH is 1. The van der Waals surface area contributed by atoms with Crippen LogP contribution in [0.1, 0.15) is 37.6 Å². The Hall–Kier alpha value is -4.42. The van der Waals surface area contributed by atoms with E-state index in [1.54, 1.807) is 12.3 Å². The molecule has 1 heterocycles. The van der Waals surface area contributed by atoms with Gasteiger partial charge in [0.15, 0.2) is 11.5 Å². The number of amides is 1. The van der Waals surface area contributed by atoms with Crippen molar-refractivity contribution in [3.05, 3.63) is 58.4 Å². The van der Waals surface area contributed by atoms with Crippen molar-refractivity contribution in [2.24, 2.45) is 0 Å². The molecule has 2 rings (SSSR count). The Morgan fingerprint density at radius 1 is 1.16 bits per heavy atom. The molecule has 0 bridgehead atoms. The Labute approximate surface area is 218 Å². The van der Waals surface area contributed by atoms with Gasteiger partial charge in [0.2, 0.25) is 5.75 Å². The van der Waals surface area contributed by atoms with E-state index in [1.807, 2.05) is 50.9 Å². The number of phenols is 2. The van der Waals surface area contributed by atoms with Gasteiger partial charge in [0.05, 0.1) is 14.2 Å². The molecule has 1 amide bonds. The molecular formula is C28H37N3O6. The van der Waals surface area contributed by atoms with E-state index in [0.29, 0.717) is 6.42 Å². The van der Waals surface area contributed by atoms with Crippen molar-refractivity contribution in [1.29, 1.82) is 0 Å². The third kappa shape index (κ3) is 8.33. The van der Waals surface area contributed by atoms with Crippen LogP contribution in [0.5, 0.6) is 23.0 Å². The van der Waals surface area contributed by atoms with Gasteiger partial charge in [0.25, 0.3) is 5.91 Å². The lowest BCUT2D eigenvalue weighted by molar-refractivity contribution is 0.102. The molecule has 0 aliphatic rings. The first kappa shape index (κ1) is 32.6. The lowest BCUT2D eigenvalue weighted by Crippen LogP contribution is -2.27. The first-order chi connectivity index (χ1) is 17.7. The van der Waals surface area contributed by atoms with Gasteiger partial charge in [0, 0.05) is 44.2 Å². The van der Waals surface area contributed by atoms with Crippen molar-refractivity contribution in [3.63, 3.8) is 0 Å². The molecule has 200 valence electrons. The molecule has 0 spiro atoms. The number of terminal acetylenes is 1. The molecule has 0 aliphatic carbocycles. The molecule has 0 atom stereocenters. The van der Waals surface area contributed by atoms with Crippen LogP contribution in [0.3, 0.4) is 0 Å². The minimum atomic E-state index is -0.690. The van der Waals surface area contributed by atoms with Crippen molar-refractivity contribution in [1.82, 2.24) is 9.88 Å². The fourth-order valence-electron chi connectivity index (χ4n) is 3.24. The number of ether oxygens (including phenoxy) is 2. The molecule has 0 saturated heterocycles. The second-order valence-electron chi connectivity index (χ2n) is 7.28. The van der Waals surface area contributed by atoms with Crippen molar-refractivity contribution in [3.8, 4) is 35.8 Å². The van der Waals surface area contributed by atoms with E-state index in [0.717, 1.165) is 35.0 Å². The number of hydrogen-bond acceptors (Lipinski definition) is 8. The molecule has 0 radical (unpaired) electrons. The Morgan fingerprint density at radius 3 is 2.27 bits per heavy atom. The molecule has 2 aromatic rings. The van der Waals surface area contributed by atoms with Crippen LogP contribution in [0.4, 0.5) is 5.82 Å². The highest BCUT2D eigenvalue weighted by molar-refractivity contribution is 6.08. The zero-order chi connectivity index (χ0) is 28.7. The third-order valence-corrected chi connectivity index (χ3v) is 5.24. The zero-order valence-corrected chi connectivity index (χ0v) is 22.5. The van der Waals surface area contributed by atoms with Crippen LogP contribution in [0.25, 0.3) is 12.2 Å². The Balaban J connectivity index is 0.00000308. The van der Waals surface area contributed by atoms with Gasteiger partial charge in [-0.2, -0.15) is 0 Å². The molecule has 0 saturated carbocycles.